The van der Waals surface area contributed by atoms with Crippen molar-refractivity contribution in [2.75, 3.05) is 4.90 Å². The van der Waals surface area contributed by atoms with Crippen molar-refractivity contribution >= 4 is 17.3 Å². The minimum Gasteiger partial charge on any atom is -0.507 e. The molecule has 1 saturated carbocycles. The molecule has 0 spiro atoms. The molecule has 1 aliphatic carbocycles. The summed E-state index contributed by atoms with van der Waals surface area (Å²) in [6.07, 6.45) is 10.6. The van der Waals surface area contributed by atoms with E-state index in [1.165, 1.54) is 37.0 Å². The highest BCUT2D eigenvalue weighted by Gasteiger charge is 2.42. The standard InChI is InChI=1S/C23H23N7OS/c24-10-22-25-12-21(32-22)13-1-6-18(20(31)7-13)19-11-26-23(29-28-19)30(16-4-5-16)17-8-14-2-3-15(9-17)27-14/h1,6-7,11-12,14-17,27,31H,2-5,8-9H2/t14-,15-/m0/s1. The molecule has 2 atom stereocenters. The predicted molar refractivity (Wildman–Crippen MR) is 121 cm³/mol. The third-order valence-corrected chi connectivity index (χ3v) is 7.67. The van der Waals surface area contributed by atoms with Crippen LogP contribution in [0.15, 0.2) is 30.6 Å². The molecule has 3 aliphatic rings. The van der Waals surface area contributed by atoms with Crippen LogP contribution in [0, 0.1) is 11.3 Å². The summed E-state index contributed by atoms with van der Waals surface area (Å²) in [6.45, 7) is 0. The quantitative estimate of drug-likeness (QED) is 0.614. The molecule has 162 valence electrons. The van der Waals surface area contributed by atoms with Gasteiger partial charge in [0.05, 0.1) is 11.1 Å². The maximum absolute atomic E-state index is 10.6. The lowest BCUT2D eigenvalue weighted by Crippen LogP contribution is -2.49. The highest BCUT2D eigenvalue weighted by atomic mass is 32.1. The summed E-state index contributed by atoms with van der Waals surface area (Å²) < 4.78 is 0. The van der Waals surface area contributed by atoms with Crippen molar-refractivity contribution in [2.45, 2.75) is 62.7 Å². The molecule has 8 nitrogen and oxygen atoms in total. The van der Waals surface area contributed by atoms with E-state index in [1.807, 2.05) is 18.2 Å². The van der Waals surface area contributed by atoms with Crippen LogP contribution in [0.1, 0.15) is 43.5 Å². The first-order chi connectivity index (χ1) is 15.7. The number of thiazole rings is 1. The molecular weight excluding hydrogens is 422 g/mol. The molecule has 6 rings (SSSR count). The van der Waals surface area contributed by atoms with Gasteiger partial charge in [0.2, 0.25) is 5.95 Å². The second-order valence-electron chi connectivity index (χ2n) is 8.92. The Bertz CT molecular complexity index is 1170. The van der Waals surface area contributed by atoms with Gasteiger partial charge in [-0.15, -0.1) is 21.5 Å². The molecule has 2 aliphatic heterocycles. The highest BCUT2D eigenvalue weighted by molar-refractivity contribution is 7.15. The van der Waals surface area contributed by atoms with Gasteiger partial charge < -0.3 is 15.3 Å². The topological polar surface area (TPSA) is 111 Å². The van der Waals surface area contributed by atoms with Crippen LogP contribution in [0.5, 0.6) is 5.75 Å². The molecule has 0 amide bonds. The Labute approximate surface area is 190 Å². The van der Waals surface area contributed by atoms with Crippen LogP contribution in [0.2, 0.25) is 0 Å². The molecule has 0 radical (unpaired) electrons. The summed E-state index contributed by atoms with van der Waals surface area (Å²) in [7, 11) is 0. The maximum atomic E-state index is 10.6. The second kappa shape index (κ2) is 7.80. The molecule has 2 N–H and O–H groups in total. The van der Waals surface area contributed by atoms with Crippen molar-refractivity contribution in [1.29, 1.82) is 5.26 Å². The van der Waals surface area contributed by atoms with Gasteiger partial charge in [-0.05, 0) is 56.2 Å². The number of fused-ring (bicyclic) bond motifs is 2. The smallest absolute Gasteiger partial charge is 0.245 e. The van der Waals surface area contributed by atoms with Gasteiger partial charge in [-0.1, -0.05) is 6.07 Å². The van der Waals surface area contributed by atoms with E-state index in [-0.39, 0.29) is 5.75 Å². The zero-order valence-electron chi connectivity index (χ0n) is 17.5. The molecular formula is C23H23N7OS. The molecule has 2 bridgehead atoms. The van der Waals surface area contributed by atoms with Gasteiger partial charge >= 0.3 is 0 Å². The Morgan fingerprint density at radius 3 is 2.47 bits per heavy atom. The number of aromatic nitrogens is 4. The monoisotopic (exact) mass is 445 g/mol. The third-order valence-electron chi connectivity index (χ3n) is 6.72. The number of anilines is 1. The average Bonchev–Trinajstić information content (AvgIpc) is 3.41. The van der Waals surface area contributed by atoms with Crippen molar-refractivity contribution < 1.29 is 5.11 Å². The first-order valence-electron chi connectivity index (χ1n) is 11.1. The van der Waals surface area contributed by atoms with Crippen LogP contribution in [0.3, 0.4) is 0 Å². The number of aromatic hydroxyl groups is 1. The normalized spacial score (nSPS) is 24.3. The Balaban J connectivity index is 1.24. The zero-order valence-corrected chi connectivity index (χ0v) is 18.3. The number of nitrogens with one attached hydrogen (secondary N) is 1. The molecule has 9 heteroatoms. The number of benzene rings is 1. The van der Waals surface area contributed by atoms with Crippen molar-refractivity contribution in [1.82, 2.24) is 25.5 Å². The summed E-state index contributed by atoms with van der Waals surface area (Å²) in [5.41, 5.74) is 1.94. The fourth-order valence-corrected chi connectivity index (χ4v) is 5.81. The molecule has 0 unspecified atom stereocenters. The van der Waals surface area contributed by atoms with E-state index >= 15 is 0 Å². The molecule has 3 fully saturated rings. The third kappa shape index (κ3) is 3.59. The number of phenolic OH excluding ortho intramolecular Hbond substituents is 1. The molecule has 3 aromatic rings. The van der Waals surface area contributed by atoms with Crippen molar-refractivity contribution in [3.63, 3.8) is 0 Å². The minimum atomic E-state index is 0.104. The number of hydrogen-bond acceptors (Lipinski definition) is 9. The Morgan fingerprint density at radius 1 is 1.03 bits per heavy atom. The van der Waals surface area contributed by atoms with Crippen LogP contribution >= 0.6 is 11.3 Å². The largest absolute Gasteiger partial charge is 0.507 e. The Kier molecular flexibility index (Phi) is 4.77. The van der Waals surface area contributed by atoms with Gasteiger partial charge in [0.25, 0.3) is 0 Å². The minimum absolute atomic E-state index is 0.104. The summed E-state index contributed by atoms with van der Waals surface area (Å²) >= 11 is 1.29. The molecule has 32 heavy (non-hydrogen) atoms. The van der Waals surface area contributed by atoms with Gasteiger partial charge in [-0.2, -0.15) is 5.26 Å². The van der Waals surface area contributed by atoms with Crippen LogP contribution in [0.25, 0.3) is 21.7 Å². The van der Waals surface area contributed by atoms with Gasteiger partial charge in [0.15, 0.2) is 5.01 Å². The van der Waals surface area contributed by atoms with Gasteiger partial charge in [-0.3, -0.25) is 0 Å². The zero-order chi connectivity index (χ0) is 21.7. The summed E-state index contributed by atoms with van der Waals surface area (Å²) in [5.74, 6) is 0.805. The average molecular weight is 446 g/mol. The van der Waals surface area contributed by atoms with E-state index in [9.17, 15) is 5.11 Å². The Hall–Kier alpha value is -3.09. The van der Waals surface area contributed by atoms with Crippen LogP contribution in [0.4, 0.5) is 5.95 Å². The van der Waals surface area contributed by atoms with Gasteiger partial charge in [0.1, 0.15) is 17.5 Å². The van der Waals surface area contributed by atoms with Crippen molar-refractivity contribution in [3.8, 4) is 33.5 Å². The number of hydrogen-bond donors (Lipinski definition) is 2. The fourth-order valence-electron chi connectivity index (χ4n) is 5.10. The van der Waals surface area contributed by atoms with E-state index in [1.54, 1.807) is 18.5 Å². The Morgan fingerprint density at radius 2 is 1.84 bits per heavy atom. The first kappa shape index (κ1) is 19.6. The highest BCUT2D eigenvalue weighted by Crippen LogP contribution is 2.39. The number of nitriles is 1. The van der Waals surface area contributed by atoms with Crippen LogP contribution < -0.4 is 10.2 Å². The van der Waals surface area contributed by atoms with Crippen LogP contribution in [-0.4, -0.2) is 49.4 Å². The van der Waals surface area contributed by atoms with Gasteiger partial charge in [-0.25, -0.2) is 9.97 Å². The molecule has 2 saturated heterocycles. The maximum Gasteiger partial charge on any atom is 0.245 e. The summed E-state index contributed by atoms with van der Waals surface area (Å²) in [6, 6.07) is 9.63. The van der Waals surface area contributed by atoms with E-state index < -0.39 is 0 Å². The van der Waals surface area contributed by atoms with E-state index in [4.69, 9.17) is 5.26 Å². The van der Waals surface area contributed by atoms with Crippen LogP contribution in [-0.2, 0) is 0 Å². The lowest BCUT2D eigenvalue weighted by atomic mass is 9.98. The summed E-state index contributed by atoms with van der Waals surface area (Å²) in [5, 5.41) is 32.6. The predicted octanol–water partition coefficient (Wildman–Crippen LogP) is 3.49. The number of phenols is 1. The first-order valence-corrected chi connectivity index (χ1v) is 11.9. The van der Waals surface area contributed by atoms with E-state index in [0.717, 1.165) is 23.3 Å². The number of piperidine rings is 1. The fraction of sp³-hybridized carbons (Fsp3) is 0.435. The summed E-state index contributed by atoms with van der Waals surface area (Å²) in [4.78, 5) is 12.0. The second-order valence-corrected chi connectivity index (χ2v) is 9.95. The lowest BCUT2D eigenvalue weighted by Gasteiger charge is -2.37. The van der Waals surface area contributed by atoms with E-state index in [2.05, 4.69) is 30.4 Å². The molecule has 2 aromatic heterocycles. The van der Waals surface area contributed by atoms with Crippen molar-refractivity contribution in [3.05, 3.63) is 35.6 Å². The van der Waals surface area contributed by atoms with E-state index in [0.29, 0.717) is 46.4 Å². The number of rotatable bonds is 5. The SMILES string of the molecule is N#Cc1ncc(-c2ccc(-c3cnc(N(C4CC4)C4C[C@@H]5CC[C@@H](C4)N5)nn3)c(O)c2)s1. The van der Waals surface area contributed by atoms with Crippen molar-refractivity contribution in [2.24, 2.45) is 0 Å². The number of nitrogens with zero attached hydrogens (tertiary/aromatic N) is 6. The van der Waals surface area contributed by atoms with Gasteiger partial charge in [0, 0.05) is 35.9 Å². The molecule has 1 aromatic carbocycles. The molecule has 4 heterocycles. The lowest BCUT2D eigenvalue weighted by molar-refractivity contribution is 0.342.